The Morgan fingerprint density at radius 1 is 1.05 bits per heavy atom. The third-order valence-corrected chi connectivity index (χ3v) is 4.29. The maximum atomic E-state index is 2.39. The van der Waals surface area contributed by atoms with Crippen LogP contribution in [0.2, 0.25) is 0 Å². The van der Waals surface area contributed by atoms with E-state index in [1.807, 2.05) is 0 Å². The lowest BCUT2D eigenvalue weighted by molar-refractivity contribution is 0.591. The van der Waals surface area contributed by atoms with Gasteiger partial charge in [-0.2, -0.15) is 0 Å². The molecule has 0 saturated heterocycles. The molecule has 0 nitrogen and oxygen atoms in total. The maximum Gasteiger partial charge on any atom is -0.0132 e. The summed E-state index contributed by atoms with van der Waals surface area (Å²) in [5, 5.41) is 2.80. The van der Waals surface area contributed by atoms with E-state index in [0.29, 0.717) is 0 Å². The summed E-state index contributed by atoms with van der Waals surface area (Å²) in [5.41, 5.74) is 6.08. The van der Waals surface area contributed by atoms with Crippen molar-refractivity contribution < 1.29 is 0 Å². The quantitative estimate of drug-likeness (QED) is 0.587. The fourth-order valence-corrected chi connectivity index (χ4v) is 3.03. The van der Waals surface area contributed by atoms with Gasteiger partial charge in [-0.15, -0.1) is 0 Å². The minimum atomic E-state index is 0.219. The van der Waals surface area contributed by atoms with Crippen molar-refractivity contribution in [1.29, 1.82) is 0 Å². The Hall–Kier alpha value is -1.56. The van der Waals surface area contributed by atoms with Gasteiger partial charge in [0, 0.05) is 0 Å². The third kappa shape index (κ3) is 2.10. The van der Waals surface area contributed by atoms with Crippen LogP contribution in [0.4, 0.5) is 0 Å². The summed E-state index contributed by atoms with van der Waals surface area (Å²) < 4.78 is 0. The zero-order valence-corrected chi connectivity index (χ0v) is 12.4. The average molecular weight is 250 g/mol. The number of allylic oxidation sites excluding steroid dienone is 1. The van der Waals surface area contributed by atoms with Gasteiger partial charge >= 0.3 is 0 Å². The second-order valence-electron chi connectivity index (χ2n) is 6.70. The molecule has 0 heteroatoms. The van der Waals surface area contributed by atoms with Crippen LogP contribution in [0.15, 0.2) is 30.3 Å². The van der Waals surface area contributed by atoms with Crippen LogP contribution < -0.4 is 0 Å². The van der Waals surface area contributed by atoms with Crippen molar-refractivity contribution in [1.82, 2.24) is 0 Å². The van der Waals surface area contributed by atoms with Crippen LogP contribution >= 0.6 is 0 Å². The summed E-state index contributed by atoms with van der Waals surface area (Å²) in [6.45, 7) is 9.13. The van der Waals surface area contributed by atoms with E-state index in [2.05, 4.69) is 64.1 Å². The van der Waals surface area contributed by atoms with Crippen LogP contribution in [-0.4, -0.2) is 0 Å². The van der Waals surface area contributed by atoms with E-state index in [1.54, 1.807) is 5.56 Å². The van der Waals surface area contributed by atoms with Crippen LogP contribution in [0, 0.1) is 6.92 Å². The van der Waals surface area contributed by atoms with Crippen molar-refractivity contribution in [2.75, 3.05) is 0 Å². The van der Waals surface area contributed by atoms with Gasteiger partial charge in [0.25, 0.3) is 0 Å². The highest BCUT2D eigenvalue weighted by Gasteiger charge is 2.16. The maximum absolute atomic E-state index is 2.39. The Balaban J connectivity index is 2.29. The smallest absolute Gasteiger partial charge is 0.0132 e. The summed E-state index contributed by atoms with van der Waals surface area (Å²) in [4.78, 5) is 0. The molecule has 0 N–H and O–H groups in total. The highest BCUT2D eigenvalue weighted by Crippen LogP contribution is 2.33. The predicted octanol–water partition coefficient (Wildman–Crippen LogP) is 5.41. The minimum absolute atomic E-state index is 0.219. The van der Waals surface area contributed by atoms with Crippen molar-refractivity contribution in [3.05, 3.63) is 52.6 Å². The topological polar surface area (TPSA) is 0 Å². The van der Waals surface area contributed by atoms with Gasteiger partial charge in [0.05, 0.1) is 0 Å². The molecule has 1 aliphatic carbocycles. The van der Waals surface area contributed by atoms with Crippen molar-refractivity contribution in [2.24, 2.45) is 0 Å². The highest BCUT2D eigenvalue weighted by atomic mass is 14.2. The molecular formula is C19H22. The number of rotatable bonds is 0. The first-order valence-electron chi connectivity index (χ1n) is 7.20. The fraction of sp³-hybridized carbons (Fsp3) is 0.368. The molecule has 1 aliphatic rings. The largest absolute Gasteiger partial charge is 0.0836 e. The Labute approximate surface area is 116 Å². The number of hydrogen-bond donors (Lipinski definition) is 0. The summed E-state index contributed by atoms with van der Waals surface area (Å²) in [5.74, 6) is 0. The lowest BCUT2D eigenvalue weighted by atomic mass is 9.83. The molecule has 0 aromatic heterocycles. The molecule has 0 fully saturated rings. The van der Waals surface area contributed by atoms with E-state index in [0.717, 1.165) is 0 Å². The zero-order chi connectivity index (χ0) is 13.6. The summed E-state index contributed by atoms with van der Waals surface area (Å²) in [6.07, 6.45) is 6.94. The molecular weight excluding hydrogens is 228 g/mol. The van der Waals surface area contributed by atoms with Crippen LogP contribution in [0.5, 0.6) is 0 Å². The molecule has 3 rings (SSSR count). The molecule has 2 aromatic rings. The Bertz CT molecular complexity index is 666. The van der Waals surface area contributed by atoms with Crippen LogP contribution in [-0.2, 0) is 11.8 Å². The Morgan fingerprint density at radius 2 is 1.84 bits per heavy atom. The number of hydrogen-bond acceptors (Lipinski definition) is 0. The molecule has 0 aliphatic heterocycles. The normalized spacial score (nSPS) is 14.7. The van der Waals surface area contributed by atoms with Crippen LogP contribution in [0.3, 0.4) is 0 Å². The van der Waals surface area contributed by atoms with Gasteiger partial charge in [0.15, 0.2) is 0 Å². The van der Waals surface area contributed by atoms with Crippen molar-refractivity contribution >= 4 is 16.8 Å². The molecule has 0 spiro atoms. The highest BCUT2D eigenvalue weighted by molar-refractivity contribution is 5.90. The van der Waals surface area contributed by atoms with Gasteiger partial charge in [-0.05, 0) is 64.3 Å². The standard InChI is InChI=1S/C19H22/c1-13-17-8-6-5-7-14(17)11-15-9-10-16(12-18(13)15)19(2,3)4/h5,7,9-12H,6,8H2,1-4H3. The Morgan fingerprint density at radius 3 is 2.58 bits per heavy atom. The minimum Gasteiger partial charge on any atom is -0.0836 e. The van der Waals surface area contributed by atoms with Gasteiger partial charge in [-0.3, -0.25) is 0 Å². The van der Waals surface area contributed by atoms with Crippen molar-refractivity contribution in [3.63, 3.8) is 0 Å². The molecule has 98 valence electrons. The van der Waals surface area contributed by atoms with E-state index >= 15 is 0 Å². The van der Waals surface area contributed by atoms with Crippen molar-refractivity contribution in [2.45, 2.75) is 46.0 Å². The average Bonchev–Trinajstić information content (AvgIpc) is 2.37. The lowest BCUT2D eigenvalue weighted by Crippen LogP contribution is -2.11. The molecule has 19 heavy (non-hydrogen) atoms. The number of benzene rings is 2. The predicted molar refractivity (Wildman–Crippen MR) is 84.7 cm³/mol. The summed E-state index contributed by atoms with van der Waals surface area (Å²) in [7, 11) is 0. The number of aryl methyl sites for hydroxylation is 1. The van der Waals surface area contributed by atoms with E-state index in [1.165, 1.54) is 40.3 Å². The molecule has 0 bridgehead atoms. The van der Waals surface area contributed by atoms with Gasteiger partial charge in [-0.25, -0.2) is 0 Å². The second-order valence-corrected chi connectivity index (χ2v) is 6.70. The molecule has 0 saturated carbocycles. The van der Waals surface area contributed by atoms with E-state index in [4.69, 9.17) is 0 Å². The monoisotopic (exact) mass is 250 g/mol. The molecule has 0 amide bonds. The lowest BCUT2D eigenvalue weighted by Gasteiger charge is -2.22. The van der Waals surface area contributed by atoms with Gasteiger partial charge < -0.3 is 0 Å². The first kappa shape index (κ1) is 12.5. The first-order valence-corrected chi connectivity index (χ1v) is 7.20. The molecule has 0 unspecified atom stereocenters. The molecule has 0 atom stereocenters. The first-order chi connectivity index (χ1) is 8.97. The zero-order valence-electron chi connectivity index (χ0n) is 12.4. The van der Waals surface area contributed by atoms with Gasteiger partial charge in [0.1, 0.15) is 0 Å². The third-order valence-electron chi connectivity index (χ3n) is 4.29. The Kier molecular flexibility index (Phi) is 2.78. The summed E-state index contributed by atoms with van der Waals surface area (Å²) >= 11 is 0. The van der Waals surface area contributed by atoms with E-state index in [-0.39, 0.29) is 5.41 Å². The fourth-order valence-electron chi connectivity index (χ4n) is 3.03. The van der Waals surface area contributed by atoms with Gasteiger partial charge in [0.2, 0.25) is 0 Å². The van der Waals surface area contributed by atoms with Gasteiger partial charge in [-0.1, -0.05) is 51.1 Å². The molecule has 2 aromatic carbocycles. The SMILES string of the molecule is Cc1c2c(cc3ccc(C(C)(C)C)cc13)C=CCC2. The summed E-state index contributed by atoms with van der Waals surface area (Å²) in [6, 6.07) is 9.30. The molecule has 0 heterocycles. The number of fused-ring (bicyclic) bond motifs is 2. The molecule has 0 radical (unpaired) electrons. The van der Waals surface area contributed by atoms with Crippen LogP contribution in [0.1, 0.15) is 49.4 Å². The van der Waals surface area contributed by atoms with E-state index < -0.39 is 0 Å². The van der Waals surface area contributed by atoms with Crippen LogP contribution in [0.25, 0.3) is 16.8 Å². The van der Waals surface area contributed by atoms with E-state index in [9.17, 15) is 0 Å². The van der Waals surface area contributed by atoms with Crippen molar-refractivity contribution in [3.8, 4) is 0 Å². The second kappa shape index (κ2) is 4.23.